The van der Waals surface area contributed by atoms with Gasteiger partial charge in [-0.05, 0) is 59.0 Å². The fraction of sp³-hybridized carbons (Fsp3) is 0.737. The lowest BCUT2D eigenvalue weighted by molar-refractivity contribution is 0.159. The molecule has 2 atom stereocenters. The highest BCUT2D eigenvalue weighted by atomic mass is 127. The summed E-state index contributed by atoms with van der Waals surface area (Å²) in [7, 11) is 5.94. The molecule has 0 radical (unpaired) electrons. The molecule has 1 aliphatic heterocycles. The van der Waals surface area contributed by atoms with Gasteiger partial charge in [-0.1, -0.05) is 6.42 Å². The molecule has 0 aliphatic carbocycles. The molecular formula is C19H36IN5O. The van der Waals surface area contributed by atoms with E-state index in [1.54, 1.807) is 6.26 Å². The van der Waals surface area contributed by atoms with Crippen LogP contribution in [-0.2, 0) is 0 Å². The van der Waals surface area contributed by atoms with Gasteiger partial charge in [0, 0.05) is 32.7 Å². The average molecular weight is 477 g/mol. The maximum Gasteiger partial charge on any atom is 0.191 e. The molecule has 26 heavy (non-hydrogen) atoms. The van der Waals surface area contributed by atoms with Gasteiger partial charge in [0.1, 0.15) is 5.76 Å². The highest BCUT2D eigenvalue weighted by molar-refractivity contribution is 14.0. The van der Waals surface area contributed by atoms with Gasteiger partial charge in [0.25, 0.3) is 0 Å². The summed E-state index contributed by atoms with van der Waals surface area (Å²) in [6.45, 7) is 6.46. The molecule has 7 heteroatoms. The molecule has 0 saturated carbocycles. The Balaban J connectivity index is 0.00000338. The van der Waals surface area contributed by atoms with Crippen LogP contribution >= 0.6 is 24.0 Å². The summed E-state index contributed by atoms with van der Waals surface area (Å²) in [5.74, 6) is 1.82. The van der Waals surface area contributed by atoms with Crippen molar-refractivity contribution in [2.45, 2.75) is 44.7 Å². The number of rotatable bonds is 8. The number of likely N-dealkylation sites (tertiary alicyclic amines) is 1. The molecule has 2 heterocycles. The standard InChI is InChI=1S/C19H35N5O.HI/c1-16-9-5-6-12-24(16)13-8-11-21-19(20-2)22-15-17(23(3)4)18-10-7-14-25-18;/h7,10,14,16-17H,5-6,8-9,11-13,15H2,1-4H3,(H2,20,21,22);1H. The van der Waals surface area contributed by atoms with Crippen molar-refractivity contribution in [1.82, 2.24) is 20.4 Å². The largest absolute Gasteiger partial charge is 0.468 e. The number of halogens is 1. The summed E-state index contributed by atoms with van der Waals surface area (Å²) in [6, 6.07) is 4.87. The van der Waals surface area contributed by atoms with E-state index >= 15 is 0 Å². The lowest BCUT2D eigenvalue weighted by Gasteiger charge is -2.33. The number of furan rings is 1. The molecule has 1 fully saturated rings. The van der Waals surface area contributed by atoms with Gasteiger partial charge in [-0.15, -0.1) is 24.0 Å². The van der Waals surface area contributed by atoms with E-state index in [0.29, 0.717) is 0 Å². The SMILES string of the molecule is CN=C(NCCCN1CCCCC1C)NCC(c1ccco1)N(C)C.I. The maximum atomic E-state index is 5.55. The van der Waals surface area contributed by atoms with E-state index < -0.39 is 0 Å². The third kappa shape index (κ3) is 7.44. The monoisotopic (exact) mass is 477 g/mol. The zero-order valence-electron chi connectivity index (χ0n) is 16.7. The van der Waals surface area contributed by atoms with Crippen LogP contribution < -0.4 is 10.6 Å². The van der Waals surface area contributed by atoms with Crippen molar-refractivity contribution in [2.75, 3.05) is 47.3 Å². The van der Waals surface area contributed by atoms with Gasteiger partial charge in [0.2, 0.25) is 0 Å². The van der Waals surface area contributed by atoms with Gasteiger partial charge in [-0.25, -0.2) is 0 Å². The molecule has 150 valence electrons. The fourth-order valence-corrected chi connectivity index (χ4v) is 3.41. The number of hydrogen-bond acceptors (Lipinski definition) is 4. The van der Waals surface area contributed by atoms with Crippen molar-refractivity contribution in [1.29, 1.82) is 0 Å². The molecule has 1 aliphatic rings. The Morgan fingerprint density at radius 1 is 1.38 bits per heavy atom. The topological polar surface area (TPSA) is 56.0 Å². The van der Waals surface area contributed by atoms with Crippen molar-refractivity contribution < 1.29 is 4.42 Å². The molecule has 0 amide bonds. The minimum absolute atomic E-state index is 0. The number of nitrogens with zero attached hydrogens (tertiary/aromatic N) is 3. The van der Waals surface area contributed by atoms with E-state index in [2.05, 4.69) is 46.4 Å². The second-order valence-corrected chi connectivity index (χ2v) is 7.11. The second kappa shape index (κ2) is 12.6. The molecular weight excluding hydrogens is 441 g/mol. The van der Waals surface area contributed by atoms with Crippen LogP contribution in [0.3, 0.4) is 0 Å². The minimum Gasteiger partial charge on any atom is -0.468 e. The number of hydrogen-bond donors (Lipinski definition) is 2. The van der Waals surface area contributed by atoms with E-state index in [1.807, 2.05) is 19.2 Å². The van der Waals surface area contributed by atoms with Gasteiger partial charge < -0.3 is 20.0 Å². The van der Waals surface area contributed by atoms with E-state index in [9.17, 15) is 0 Å². The number of nitrogens with one attached hydrogen (secondary N) is 2. The van der Waals surface area contributed by atoms with Crippen LogP contribution in [0.25, 0.3) is 0 Å². The normalized spacial score (nSPS) is 19.9. The second-order valence-electron chi connectivity index (χ2n) is 7.11. The number of likely N-dealkylation sites (N-methyl/N-ethyl adjacent to an activating group) is 1. The Kier molecular flexibility index (Phi) is 11.2. The van der Waals surface area contributed by atoms with Crippen molar-refractivity contribution >= 4 is 29.9 Å². The van der Waals surface area contributed by atoms with Crippen LogP contribution in [0.2, 0.25) is 0 Å². The van der Waals surface area contributed by atoms with Crippen molar-refractivity contribution in [2.24, 2.45) is 4.99 Å². The summed E-state index contributed by atoms with van der Waals surface area (Å²) in [4.78, 5) is 9.09. The average Bonchev–Trinajstić information content (AvgIpc) is 3.12. The molecule has 1 aromatic heterocycles. The molecule has 0 spiro atoms. The highest BCUT2D eigenvalue weighted by Gasteiger charge is 2.18. The quantitative estimate of drug-likeness (QED) is 0.261. The number of aliphatic imine (C=N–C) groups is 1. The Bertz CT molecular complexity index is 506. The maximum absolute atomic E-state index is 5.55. The fourth-order valence-electron chi connectivity index (χ4n) is 3.41. The van der Waals surface area contributed by atoms with Crippen LogP contribution in [0.15, 0.2) is 27.8 Å². The number of guanidine groups is 1. The first-order valence-electron chi connectivity index (χ1n) is 9.50. The first-order chi connectivity index (χ1) is 12.1. The minimum atomic E-state index is 0. The summed E-state index contributed by atoms with van der Waals surface area (Å²) in [6.07, 6.45) is 6.94. The molecule has 0 aromatic carbocycles. The van der Waals surface area contributed by atoms with Gasteiger partial charge >= 0.3 is 0 Å². The van der Waals surface area contributed by atoms with Crippen LogP contribution in [0.4, 0.5) is 0 Å². The molecule has 1 aromatic rings. The summed E-state index contributed by atoms with van der Waals surface area (Å²) in [5.41, 5.74) is 0. The Morgan fingerprint density at radius 2 is 2.19 bits per heavy atom. The lowest BCUT2D eigenvalue weighted by Crippen LogP contribution is -2.43. The Labute approximate surface area is 175 Å². The molecule has 1 saturated heterocycles. The first kappa shape index (κ1) is 23.2. The summed E-state index contributed by atoms with van der Waals surface area (Å²) < 4.78 is 5.55. The highest BCUT2D eigenvalue weighted by Crippen LogP contribution is 2.17. The van der Waals surface area contributed by atoms with Crippen LogP contribution in [0.5, 0.6) is 0 Å². The Morgan fingerprint density at radius 3 is 2.81 bits per heavy atom. The molecule has 2 N–H and O–H groups in total. The third-order valence-electron chi connectivity index (χ3n) is 5.04. The predicted octanol–water partition coefficient (Wildman–Crippen LogP) is 2.93. The van der Waals surface area contributed by atoms with E-state index in [4.69, 9.17) is 4.42 Å². The van der Waals surface area contributed by atoms with Gasteiger partial charge in [-0.3, -0.25) is 9.89 Å². The lowest BCUT2D eigenvalue weighted by atomic mass is 10.0. The molecule has 0 bridgehead atoms. The van der Waals surface area contributed by atoms with Crippen molar-refractivity contribution in [3.63, 3.8) is 0 Å². The summed E-state index contributed by atoms with van der Waals surface area (Å²) >= 11 is 0. The Hall–Kier alpha value is -0.800. The first-order valence-corrected chi connectivity index (χ1v) is 9.50. The number of piperidine rings is 1. The van der Waals surface area contributed by atoms with Gasteiger partial charge in [0.05, 0.1) is 12.3 Å². The van der Waals surface area contributed by atoms with Crippen LogP contribution in [-0.4, -0.2) is 69.1 Å². The van der Waals surface area contributed by atoms with E-state index in [-0.39, 0.29) is 30.0 Å². The zero-order valence-corrected chi connectivity index (χ0v) is 19.0. The van der Waals surface area contributed by atoms with E-state index in [0.717, 1.165) is 43.8 Å². The van der Waals surface area contributed by atoms with Crippen LogP contribution in [0, 0.1) is 0 Å². The van der Waals surface area contributed by atoms with Crippen LogP contribution in [0.1, 0.15) is 44.4 Å². The predicted molar refractivity (Wildman–Crippen MR) is 119 cm³/mol. The third-order valence-corrected chi connectivity index (χ3v) is 5.04. The molecule has 2 unspecified atom stereocenters. The van der Waals surface area contributed by atoms with Crippen molar-refractivity contribution in [3.05, 3.63) is 24.2 Å². The van der Waals surface area contributed by atoms with E-state index in [1.165, 1.54) is 25.8 Å². The smallest absolute Gasteiger partial charge is 0.191 e. The van der Waals surface area contributed by atoms with Crippen molar-refractivity contribution in [3.8, 4) is 0 Å². The zero-order chi connectivity index (χ0) is 18.1. The van der Waals surface area contributed by atoms with Gasteiger partial charge in [-0.2, -0.15) is 0 Å². The molecule has 2 rings (SSSR count). The van der Waals surface area contributed by atoms with Gasteiger partial charge in [0.15, 0.2) is 5.96 Å². The summed E-state index contributed by atoms with van der Waals surface area (Å²) in [5, 5.41) is 6.84. The molecule has 6 nitrogen and oxygen atoms in total.